The highest BCUT2D eigenvalue weighted by molar-refractivity contribution is 5.62. The third-order valence-corrected chi connectivity index (χ3v) is 4.15. The van der Waals surface area contributed by atoms with Crippen molar-refractivity contribution in [3.63, 3.8) is 0 Å². The van der Waals surface area contributed by atoms with Crippen molar-refractivity contribution in [1.29, 1.82) is 0 Å². The van der Waals surface area contributed by atoms with Crippen LogP contribution >= 0.6 is 0 Å². The van der Waals surface area contributed by atoms with Crippen molar-refractivity contribution in [1.82, 2.24) is 0 Å². The molecular weight excluding hydrogens is 230 g/mol. The van der Waals surface area contributed by atoms with Crippen LogP contribution < -0.4 is 4.90 Å². The Hall–Kier alpha value is -1.42. The summed E-state index contributed by atoms with van der Waals surface area (Å²) in [6.45, 7) is 5.76. The van der Waals surface area contributed by atoms with Crippen LogP contribution in [-0.4, -0.2) is 12.6 Å². The maximum atomic E-state index is 3.45. The Morgan fingerprint density at radius 3 is 2.79 bits per heavy atom. The Bertz CT molecular complexity index is 514. The van der Waals surface area contributed by atoms with Gasteiger partial charge in [-0.15, -0.1) is 0 Å². The van der Waals surface area contributed by atoms with Crippen molar-refractivity contribution in [3.05, 3.63) is 29.3 Å². The van der Waals surface area contributed by atoms with Crippen LogP contribution in [-0.2, 0) is 6.42 Å². The molecule has 0 bridgehead atoms. The van der Waals surface area contributed by atoms with E-state index in [-0.39, 0.29) is 0 Å². The third-order valence-electron chi connectivity index (χ3n) is 4.15. The zero-order valence-corrected chi connectivity index (χ0v) is 12.1. The maximum Gasteiger partial charge on any atom is 0.0413 e. The number of rotatable bonds is 1. The minimum atomic E-state index is 0.573. The molecular formula is C18H23N. The summed E-state index contributed by atoms with van der Waals surface area (Å²) in [5.41, 5.74) is 4.19. The molecule has 1 nitrogen and oxygen atoms in total. The van der Waals surface area contributed by atoms with Crippen LogP contribution in [0.2, 0.25) is 0 Å². The van der Waals surface area contributed by atoms with E-state index < -0.39 is 0 Å². The second-order valence-corrected chi connectivity index (χ2v) is 6.09. The van der Waals surface area contributed by atoms with Gasteiger partial charge in [-0.1, -0.05) is 17.9 Å². The fourth-order valence-corrected chi connectivity index (χ4v) is 2.87. The average Bonchev–Trinajstić information content (AvgIpc) is 3.22. The van der Waals surface area contributed by atoms with Crippen molar-refractivity contribution in [2.45, 2.75) is 52.0 Å². The number of fused-ring (bicyclic) bond motifs is 1. The van der Waals surface area contributed by atoms with E-state index in [0.717, 1.165) is 0 Å². The molecule has 2 aliphatic rings. The monoisotopic (exact) mass is 253 g/mol. The molecule has 100 valence electrons. The topological polar surface area (TPSA) is 3.24 Å². The quantitative estimate of drug-likeness (QED) is 0.684. The van der Waals surface area contributed by atoms with E-state index >= 15 is 0 Å². The van der Waals surface area contributed by atoms with E-state index in [0.29, 0.717) is 12.0 Å². The Balaban J connectivity index is 1.99. The van der Waals surface area contributed by atoms with Crippen molar-refractivity contribution < 1.29 is 0 Å². The SMILES string of the molecule is CC(C)N1CCCCc2c(C#CC3CC3)cccc21. The molecule has 0 atom stereocenters. The van der Waals surface area contributed by atoms with Gasteiger partial charge in [0.05, 0.1) is 0 Å². The van der Waals surface area contributed by atoms with Gasteiger partial charge in [-0.2, -0.15) is 0 Å². The van der Waals surface area contributed by atoms with Crippen molar-refractivity contribution in [3.8, 4) is 11.8 Å². The van der Waals surface area contributed by atoms with E-state index in [2.05, 4.69) is 48.8 Å². The summed E-state index contributed by atoms with van der Waals surface area (Å²) in [6.07, 6.45) is 6.38. The Kier molecular flexibility index (Phi) is 3.51. The van der Waals surface area contributed by atoms with Crippen LogP contribution in [0.1, 0.15) is 50.7 Å². The van der Waals surface area contributed by atoms with Crippen LogP contribution in [0, 0.1) is 17.8 Å². The van der Waals surface area contributed by atoms with Crippen molar-refractivity contribution in [2.24, 2.45) is 5.92 Å². The van der Waals surface area contributed by atoms with Gasteiger partial charge >= 0.3 is 0 Å². The first-order valence-corrected chi connectivity index (χ1v) is 7.66. The molecule has 0 radical (unpaired) electrons. The lowest BCUT2D eigenvalue weighted by Crippen LogP contribution is -2.31. The second kappa shape index (κ2) is 5.29. The van der Waals surface area contributed by atoms with Gasteiger partial charge in [-0.25, -0.2) is 0 Å². The van der Waals surface area contributed by atoms with E-state index in [1.54, 1.807) is 0 Å². The largest absolute Gasteiger partial charge is 0.369 e. The third kappa shape index (κ3) is 2.78. The van der Waals surface area contributed by atoms with Gasteiger partial charge < -0.3 is 4.90 Å². The molecule has 1 heteroatoms. The lowest BCUT2D eigenvalue weighted by Gasteiger charge is -2.29. The average molecular weight is 253 g/mol. The van der Waals surface area contributed by atoms with Gasteiger partial charge in [0, 0.05) is 29.8 Å². The van der Waals surface area contributed by atoms with Crippen LogP contribution in [0.25, 0.3) is 0 Å². The fourth-order valence-electron chi connectivity index (χ4n) is 2.87. The molecule has 1 aromatic rings. The smallest absolute Gasteiger partial charge is 0.0413 e. The van der Waals surface area contributed by atoms with Gasteiger partial charge in [0.1, 0.15) is 0 Å². The summed E-state index contributed by atoms with van der Waals surface area (Å²) in [4.78, 5) is 2.55. The molecule has 3 rings (SSSR count). The molecule has 1 heterocycles. The van der Waals surface area contributed by atoms with Gasteiger partial charge in [0.15, 0.2) is 0 Å². The molecule has 1 aliphatic carbocycles. The van der Waals surface area contributed by atoms with Crippen molar-refractivity contribution in [2.75, 3.05) is 11.4 Å². The van der Waals surface area contributed by atoms with E-state index in [9.17, 15) is 0 Å². The first kappa shape index (κ1) is 12.6. The number of nitrogens with zero attached hydrogens (tertiary/aromatic N) is 1. The molecule has 0 N–H and O–H groups in total. The van der Waals surface area contributed by atoms with Gasteiger partial charge in [0.2, 0.25) is 0 Å². The van der Waals surface area contributed by atoms with Gasteiger partial charge in [-0.3, -0.25) is 0 Å². The van der Waals surface area contributed by atoms with Gasteiger partial charge in [-0.05, 0) is 63.6 Å². The standard InChI is InChI=1S/C18H23N/c1-14(2)19-13-4-3-7-17-16(6-5-8-18(17)19)12-11-15-9-10-15/h5-6,8,14-15H,3-4,7,9-10,13H2,1-2H3. The van der Waals surface area contributed by atoms with E-state index in [1.807, 2.05) is 0 Å². The molecule has 19 heavy (non-hydrogen) atoms. The van der Waals surface area contributed by atoms with Gasteiger partial charge in [0.25, 0.3) is 0 Å². The molecule has 1 fully saturated rings. The Labute approximate surface area is 117 Å². The van der Waals surface area contributed by atoms with Crippen LogP contribution in [0.15, 0.2) is 18.2 Å². The summed E-state index contributed by atoms with van der Waals surface area (Å²) in [6, 6.07) is 7.24. The molecule has 0 aromatic heterocycles. The first-order chi connectivity index (χ1) is 9.25. The predicted molar refractivity (Wildman–Crippen MR) is 81.5 cm³/mol. The zero-order chi connectivity index (χ0) is 13.2. The fraction of sp³-hybridized carbons (Fsp3) is 0.556. The molecule has 0 amide bonds. The number of hydrogen-bond donors (Lipinski definition) is 0. The molecule has 1 aliphatic heterocycles. The lowest BCUT2D eigenvalue weighted by atomic mass is 10.0. The first-order valence-electron chi connectivity index (χ1n) is 7.66. The minimum Gasteiger partial charge on any atom is -0.369 e. The summed E-state index contributed by atoms with van der Waals surface area (Å²) < 4.78 is 0. The van der Waals surface area contributed by atoms with Crippen LogP contribution in [0.3, 0.4) is 0 Å². The number of benzene rings is 1. The highest BCUT2D eigenvalue weighted by atomic mass is 15.2. The predicted octanol–water partition coefficient (Wildman–Crippen LogP) is 4.00. The summed E-state index contributed by atoms with van der Waals surface area (Å²) in [7, 11) is 0. The Morgan fingerprint density at radius 1 is 1.21 bits per heavy atom. The zero-order valence-electron chi connectivity index (χ0n) is 12.1. The number of hydrogen-bond acceptors (Lipinski definition) is 1. The number of anilines is 1. The lowest BCUT2D eigenvalue weighted by molar-refractivity contribution is 0.652. The van der Waals surface area contributed by atoms with Crippen molar-refractivity contribution >= 4 is 5.69 Å². The summed E-state index contributed by atoms with van der Waals surface area (Å²) in [5.74, 6) is 7.55. The summed E-state index contributed by atoms with van der Waals surface area (Å²) in [5, 5.41) is 0. The van der Waals surface area contributed by atoms with Crippen LogP contribution in [0.4, 0.5) is 5.69 Å². The molecule has 1 aromatic carbocycles. The van der Waals surface area contributed by atoms with Crippen LogP contribution in [0.5, 0.6) is 0 Å². The molecule has 0 spiro atoms. The highest BCUT2D eigenvalue weighted by Crippen LogP contribution is 2.31. The molecule has 1 saturated carbocycles. The van der Waals surface area contributed by atoms with E-state index in [4.69, 9.17) is 0 Å². The van der Waals surface area contributed by atoms with E-state index in [1.165, 1.54) is 55.5 Å². The minimum absolute atomic E-state index is 0.573. The molecule has 0 unspecified atom stereocenters. The summed E-state index contributed by atoms with van der Waals surface area (Å²) >= 11 is 0. The molecule has 0 saturated heterocycles. The Morgan fingerprint density at radius 2 is 2.05 bits per heavy atom. The normalized spacial score (nSPS) is 18.6. The second-order valence-electron chi connectivity index (χ2n) is 6.09. The maximum absolute atomic E-state index is 3.45. The highest BCUT2D eigenvalue weighted by Gasteiger charge is 2.20.